The molecular formula is C28H24ClFN2O4. The van der Waals surface area contributed by atoms with E-state index in [1.165, 1.54) is 47.5 Å². The summed E-state index contributed by atoms with van der Waals surface area (Å²) in [5.74, 6) is -1.59. The first-order chi connectivity index (χ1) is 17.3. The summed E-state index contributed by atoms with van der Waals surface area (Å²) in [7, 11) is 0. The molecule has 0 bridgehead atoms. The van der Waals surface area contributed by atoms with Crippen LogP contribution in [0.5, 0.6) is 11.6 Å². The van der Waals surface area contributed by atoms with Gasteiger partial charge in [0.25, 0.3) is 0 Å². The average molecular weight is 507 g/mol. The van der Waals surface area contributed by atoms with Crippen molar-refractivity contribution in [2.75, 3.05) is 0 Å². The fourth-order valence-electron chi connectivity index (χ4n) is 5.00. The van der Waals surface area contributed by atoms with Crippen LogP contribution in [0, 0.1) is 5.82 Å². The maximum atomic E-state index is 14.2. The molecule has 36 heavy (non-hydrogen) atoms. The zero-order valence-corrected chi connectivity index (χ0v) is 20.0. The highest BCUT2D eigenvalue weighted by Gasteiger charge is 2.22. The van der Waals surface area contributed by atoms with Crippen molar-refractivity contribution in [2.45, 2.75) is 38.0 Å². The molecule has 0 aliphatic heterocycles. The fraction of sp³-hybridized carbons (Fsp3) is 0.214. The van der Waals surface area contributed by atoms with Gasteiger partial charge in [0, 0.05) is 27.9 Å². The van der Waals surface area contributed by atoms with Crippen LogP contribution in [-0.2, 0) is 0 Å². The molecule has 0 saturated heterocycles. The number of carbonyl (C=O) groups is 1. The molecule has 0 unspecified atom stereocenters. The zero-order valence-electron chi connectivity index (χ0n) is 19.3. The molecule has 0 atom stereocenters. The van der Waals surface area contributed by atoms with Gasteiger partial charge >= 0.3 is 5.97 Å². The molecule has 184 valence electrons. The SMILES string of the molecule is O=C(O)c1cccc(-n2c(O)c(C=Nc3cc(Cl)cc(C4CCCCC4)c3O)c3cc(F)ccc32)c1. The number of rotatable bonds is 5. The second kappa shape index (κ2) is 9.66. The van der Waals surface area contributed by atoms with Gasteiger partial charge in [0.05, 0.1) is 16.6 Å². The van der Waals surface area contributed by atoms with E-state index in [0.717, 1.165) is 31.2 Å². The van der Waals surface area contributed by atoms with Crippen LogP contribution in [0.2, 0.25) is 5.02 Å². The summed E-state index contributed by atoms with van der Waals surface area (Å²) in [5, 5.41) is 32.3. The van der Waals surface area contributed by atoms with Crippen molar-refractivity contribution in [3.05, 3.63) is 82.1 Å². The number of halogens is 2. The first kappa shape index (κ1) is 23.9. The van der Waals surface area contributed by atoms with E-state index in [2.05, 4.69) is 4.99 Å². The van der Waals surface area contributed by atoms with Crippen molar-refractivity contribution in [1.82, 2.24) is 4.57 Å². The van der Waals surface area contributed by atoms with Crippen LogP contribution in [0.3, 0.4) is 0 Å². The minimum absolute atomic E-state index is 0.0465. The van der Waals surface area contributed by atoms with E-state index in [-0.39, 0.29) is 34.4 Å². The Hall–Kier alpha value is -3.84. The minimum Gasteiger partial charge on any atom is -0.505 e. The monoisotopic (exact) mass is 506 g/mol. The molecule has 4 aromatic rings. The van der Waals surface area contributed by atoms with Gasteiger partial charge in [-0.2, -0.15) is 0 Å². The highest BCUT2D eigenvalue weighted by atomic mass is 35.5. The molecular weight excluding hydrogens is 483 g/mol. The Morgan fingerprint density at radius 1 is 1.06 bits per heavy atom. The molecule has 3 aromatic carbocycles. The lowest BCUT2D eigenvalue weighted by Crippen LogP contribution is -2.04. The molecule has 1 aliphatic rings. The number of nitrogens with zero attached hydrogens (tertiary/aromatic N) is 2. The number of phenolic OH excluding ortho intramolecular Hbond substituents is 1. The summed E-state index contributed by atoms with van der Waals surface area (Å²) in [6, 6.07) is 13.5. The van der Waals surface area contributed by atoms with Gasteiger partial charge < -0.3 is 15.3 Å². The van der Waals surface area contributed by atoms with Gasteiger partial charge in [-0.3, -0.25) is 9.56 Å². The molecule has 1 heterocycles. The second-order valence-electron chi connectivity index (χ2n) is 9.05. The van der Waals surface area contributed by atoms with E-state index in [1.54, 1.807) is 24.3 Å². The van der Waals surface area contributed by atoms with Crippen LogP contribution in [0.4, 0.5) is 10.1 Å². The number of aromatic hydroxyl groups is 2. The largest absolute Gasteiger partial charge is 0.505 e. The summed E-state index contributed by atoms with van der Waals surface area (Å²) < 4.78 is 15.6. The maximum Gasteiger partial charge on any atom is 0.335 e. The number of hydrogen-bond acceptors (Lipinski definition) is 4. The lowest BCUT2D eigenvalue weighted by molar-refractivity contribution is 0.0696. The summed E-state index contributed by atoms with van der Waals surface area (Å²) in [6.07, 6.45) is 6.68. The lowest BCUT2D eigenvalue weighted by atomic mass is 9.83. The number of carboxylic acid groups (broad SMARTS) is 1. The fourth-order valence-corrected chi connectivity index (χ4v) is 5.22. The van der Waals surface area contributed by atoms with Gasteiger partial charge in [0.2, 0.25) is 5.88 Å². The summed E-state index contributed by atoms with van der Waals surface area (Å²) in [4.78, 5) is 15.9. The van der Waals surface area contributed by atoms with Crippen LogP contribution in [0.25, 0.3) is 16.6 Å². The first-order valence-electron chi connectivity index (χ1n) is 11.8. The highest BCUT2D eigenvalue weighted by Crippen LogP contribution is 2.43. The van der Waals surface area contributed by atoms with Crippen molar-refractivity contribution in [3.8, 4) is 17.3 Å². The van der Waals surface area contributed by atoms with Gasteiger partial charge in [-0.25, -0.2) is 9.18 Å². The number of phenols is 1. The van der Waals surface area contributed by atoms with Crippen molar-refractivity contribution in [1.29, 1.82) is 0 Å². The predicted molar refractivity (Wildman–Crippen MR) is 138 cm³/mol. The molecule has 1 aliphatic carbocycles. The third-order valence-electron chi connectivity index (χ3n) is 6.76. The maximum absolute atomic E-state index is 14.2. The van der Waals surface area contributed by atoms with Crippen LogP contribution >= 0.6 is 11.6 Å². The lowest BCUT2D eigenvalue weighted by Gasteiger charge is -2.23. The van der Waals surface area contributed by atoms with Gasteiger partial charge in [-0.15, -0.1) is 0 Å². The smallest absolute Gasteiger partial charge is 0.335 e. The number of aliphatic imine (C=N–C) groups is 1. The summed E-state index contributed by atoms with van der Waals surface area (Å²) in [5.41, 5.74) is 2.16. The van der Waals surface area contributed by atoms with Crippen LogP contribution in [0.15, 0.2) is 59.6 Å². The zero-order chi connectivity index (χ0) is 25.4. The Morgan fingerprint density at radius 2 is 1.83 bits per heavy atom. The van der Waals surface area contributed by atoms with E-state index in [0.29, 0.717) is 21.6 Å². The van der Waals surface area contributed by atoms with Crippen molar-refractivity contribution >= 4 is 40.4 Å². The molecule has 0 radical (unpaired) electrons. The number of carboxylic acids is 1. The predicted octanol–water partition coefficient (Wildman–Crippen LogP) is 7.33. The first-order valence-corrected chi connectivity index (χ1v) is 12.1. The van der Waals surface area contributed by atoms with Crippen molar-refractivity contribution in [2.24, 2.45) is 4.99 Å². The quantitative estimate of drug-likeness (QED) is 0.247. The van der Waals surface area contributed by atoms with Crippen LogP contribution < -0.4 is 0 Å². The summed E-state index contributed by atoms with van der Waals surface area (Å²) in [6.45, 7) is 0. The Kier molecular flexibility index (Phi) is 6.41. The minimum atomic E-state index is -1.11. The number of aromatic carboxylic acids is 1. The van der Waals surface area contributed by atoms with Gasteiger partial charge in [-0.1, -0.05) is 36.9 Å². The van der Waals surface area contributed by atoms with Gasteiger partial charge in [0.1, 0.15) is 17.3 Å². The molecule has 1 saturated carbocycles. The van der Waals surface area contributed by atoms with Gasteiger partial charge in [0.15, 0.2) is 0 Å². The molecule has 0 spiro atoms. The van der Waals surface area contributed by atoms with Crippen LogP contribution in [-0.4, -0.2) is 32.1 Å². The Labute approximate surface area is 211 Å². The van der Waals surface area contributed by atoms with E-state index in [9.17, 15) is 24.5 Å². The Morgan fingerprint density at radius 3 is 2.58 bits per heavy atom. The average Bonchev–Trinajstić information content (AvgIpc) is 3.15. The summed E-state index contributed by atoms with van der Waals surface area (Å²) >= 11 is 6.36. The standard InChI is InChI=1S/C28H24ClFN2O4/c29-18-12-21(16-5-2-1-3-6-16)26(33)24(13-18)31-15-23-22-14-19(30)9-10-25(22)32(27(23)34)20-8-4-7-17(11-20)28(35)36/h4,7-16,33-34H,1-3,5-6H2,(H,35,36). The van der Waals surface area contributed by atoms with Gasteiger partial charge in [-0.05, 0) is 67.3 Å². The topological polar surface area (TPSA) is 95.0 Å². The molecule has 1 aromatic heterocycles. The molecule has 8 heteroatoms. The number of hydrogen-bond donors (Lipinski definition) is 3. The number of benzene rings is 3. The van der Waals surface area contributed by atoms with Crippen molar-refractivity contribution < 1.29 is 24.5 Å². The van der Waals surface area contributed by atoms with E-state index in [4.69, 9.17) is 11.6 Å². The molecule has 0 amide bonds. The third kappa shape index (κ3) is 4.42. The Bertz CT molecular complexity index is 1510. The highest BCUT2D eigenvalue weighted by molar-refractivity contribution is 6.31. The molecule has 5 rings (SSSR count). The third-order valence-corrected chi connectivity index (χ3v) is 6.97. The van der Waals surface area contributed by atoms with E-state index >= 15 is 0 Å². The van der Waals surface area contributed by atoms with E-state index < -0.39 is 11.8 Å². The number of aromatic nitrogens is 1. The molecule has 3 N–H and O–H groups in total. The van der Waals surface area contributed by atoms with E-state index in [1.807, 2.05) is 0 Å². The number of fused-ring (bicyclic) bond motifs is 1. The normalized spacial score (nSPS) is 14.6. The second-order valence-corrected chi connectivity index (χ2v) is 9.48. The molecule has 6 nitrogen and oxygen atoms in total. The Balaban J connectivity index is 1.63. The molecule has 1 fully saturated rings. The van der Waals surface area contributed by atoms with Crippen molar-refractivity contribution in [3.63, 3.8) is 0 Å². The van der Waals surface area contributed by atoms with Crippen LogP contribution in [0.1, 0.15) is 59.5 Å².